The summed E-state index contributed by atoms with van der Waals surface area (Å²) in [6.07, 6.45) is 0. The van der Waals surface area contributed by atoms with Gasteiger partial charge >= 0.3 is 5.97 Å². The summed E-state index contributed by atoms with van der Waals surface area (Å²) >= 11 is 3.04. The lowest BCUT2D eigenvalue weighted by Crippen LogP contribution is -2.10. The van der Waals surface area contributed by atoms with Crippen LogP contribution >= 0.6 is 23.1 Å². The Hall–Kier alpha value is -1.92. The summed E-state index contributed by atoms with van der Waals surface area (Å²) in [6, 6.07) is 10.2. The van der Waals surface area contributed by atoms with Crippen LogP contribution in [0.5, 0.6) is 0 Å². The number of halogens is 2. The number of rotatable bonds is 5. The van der Waals surface area contributed by atoms with Crippen molar-refractivity contribution in [3.63, 3.8) is 0 Å². The van der Waals surface area contributed by atoms with Crippen LogP contribution in [0, 0.1) is 18.6 Å². The summed E-state index contributed by atoms with van der Waals surface area (Å²) in [5, 5.41) is 1.12. The van der Waals surface area contributed by atoms with Crippen molar-refractivity contribution in [3.8, 4) is 0 Å². The fourth-order valence-electron chi connectivity index (χ4n) is 2.56. The first-order valence-electron chi connectivity index (χ1n) is 7.77. The molecule has 0 radical (unpaired) electrons. The molecule has 2 aromatic carbocycles. The van der Waals surface area contributed by atoms with Crippen molar-refractivity contribution in [1.29, 1.82) is 0 Å². The summed E-state index contributed by atoms with van der Waals surface area (Å²) in [7, 11) is 0. The molecule has 0 aliphatic carbocycles. The molecule has 25 heavy (non-hydrogen) atoms. The fraction of sp³-hybridized carbons (Fsp3) is 0.211. The molecule has 1 aromatic heterocycles. The van der Waals surface area contributed by atoms with Crippen LogP contribution in [0.15, 0.2) is 41.3 Å². The smallest absolute Gasteiger partial charge is 0.338 e. The van der Waals surface area contributed by atoms with Crippen molar-refractivity contribution in [1.82, 2.24) is 0 Å². The lowest BCUT2D eigenvalue weighted by Gasteiger charge is -2.11. The summed E-state index contributed by atoms with van der Waals surface area (Å²) < 4.78 is 34.0. The standard InChI is InChI=1S/C19H16F2O2S2/c1-3-23-19(22)13-7-8-15(20)17(21)14(13)10-24-16-6-4-5-12-9-11(2)25-18(12)16/h4-9H,3,10H2,1-2H3. The third-order valence-corrected chi connectivity index (χ3v) is 6.01. The van der Waals surface area contributed by atoms with E-state index in [1.54, 1.807) is 18.3 Å². The Balaban J connectivity index is 1.94. The van der Waals surface area contributed by atoms with Crippen LogP contribution in [-0.2, 0) is 10.5 Å². The topological polar surface area (TPSA) is 26.3 Å². The van der Waals surface area contributed by atoms with Gasteiger partial charge in [0, 0.05) is 25.8 Å². The average Bonchev–Trinajstić information content (AvgIpc) is 2.97. The van der Waals surface area contributed by atoms with Gasteiger partial charge in [-0.3, -0.25) is 0 Å². The number of fused-ring (bicyclic) bond motifs is 1. The predicted octanol–water partition coefficient (Wildman–Crippen LogP) is 5.96. The number of ether oxygens (including phenoxy) is 1. The van der Waals surface area contributed by atoms with E-state index in [0.29, 0.717) is 0 Å². The van der Waals surface area contributed by atoms with Crippen molar-refractivity contribution in [2.75, 3.05) is 6.61 Å². The highest BCUT2D eigenvalue weighted by atomic mass is 32.2. The number of thiophene rings is 1. The second-order valence-corrected chi connectivity index (χ2v) is 7.70. The minimum atomic E-state index is -0.993. The minimum absolute atomic E-state index is 0.0359. The monoisotopic (exact) mass is 378 g/mol. The number of benzene rings is 2. The number of hydrogen-bond donors (Lipinski definition) is 0. The van der Waals surface area contributed by atoms with E-state index in [1.807, 2.05) is 25.1 Å². The van der Waals surface area contributed by atoms with Crippen molar-refractivity contribution in [2.24, 2.45) is 0 Å². The number of thioether (sulfide) groups is 1. The van der Waals surface area contributed by atoms with Gasteiger partial charge in [0.15, 0.2) is 11.6 Å². The van der Waals surface area contributed by atoms with Crippen LogP contribution in [0.4, 0.5) is 8.78 Å². The molecule has 1 heterocycles. The largest absolute Gasteiger partial charge is 0.462 e. The zero-order valence-electron chi connectivity index (χ0n) is 13.8. The van der Waals surface area contributed by atoms with E-state index in [4.69, 9.17) is 4.74 Å². The number of hydrogen-bond acceptors (Lipinski definition) is 4. The maximum Gasteiger partial charge on any atom is 0.338 e. The molecule has 0 bridgehead atoms. The summed E-state index contributed by atoms with van der Waals surface area (Å²) in [5.74, 6) is -2.45. The van der Waals surface area contributed by atoms with Gasteiger partial charge in [0.05, 0.1) is 12.2 Å². The highest BCUT2D eigenvalue weighted by molar-refractivity contribution is 7.98. The number of esters is 1. The normalized spacial score (nSPS) is 11.0. The van der Waals surface area contributed by atoms with E-state index in [1.165, 1.54) is 22.7 Å². The van der Waals surface area contributed by atoms with E-state index in [2.05, 4.69) is 6.07 Å². The molecule has 6 heteroatoms. The van der Waals surface area contributed by atoms with Gasteiger partial charge in [-0.05, 0) is 43.5 Å². The Morgan fingerprint density at radius 2 is 2.04 bits per heavy atom. The van der Waals surface area contributed by atoms with E-state index < -0.39 is 17.6 Å². The third kappa shape index (κ3) is 3.70. The molecule has 0 atom stereocenters. The van der Waals surface area contributed by atoms with Gasteiger partial charge in [0.2, 0.25) is 0 Å². The van der Waals surface area contributed by atoms with Crippen molar-refractivity contribution >= 4 is 39.2 Å². The summed E-state index contributed by atoms with van der Waals surface area (Å²) in [5.41, 5.74) is 0.108. The average molecular weight is 378 g/mol. The van der Waals surface area contributed by atoms with Gasteiger partial charge in [0.1, 0.15) is 0 Å². The number of aryl methyl sites for hydroxylation is 1. The molecule has 2 nitrogen and oxygen atoms in total. The molecular weight excluding hydrogens is 362 g/mol. The Bertz CT molecular complexity index is 935. The molecule has 0 unspecified atom stereocenters. The first kappa shape index (κ1) is 17.9. The van der Waals surface area contributed by atoms with Gasteiger partial charge in [-0.2, -0.15) is 0 Å². The van der Waals surface area contributed by atoms with Crippen LogP contribution in [-0.4, -0.2) is 12.6 Å². The molecule has 0 N–H and O–H groups in total. The molecule has 0 aliphatic rings. The molecule has 0 aliphatic heterocycles. The molecule has 0 fully saturated rings. The molecular formula is C19H16F2O2S2. The van der Waals surface area contributed by atoms with Gasteiger partial charge in [-0.1, -0.05) is 12.1 Å². The second kappa shape index (κ2) is 7.54. The van der Waals surface area contributed by atoms with Crippen molar-refractivity contribution in [2.45, 2.75) is 24.5 Å². The van der Waals surface area contributed by atoms with Crippen LogP contribution in [0.2, 0.25) is 0 Å². The van der Waals surface area contributed by atoms with E-state index in [0.717, 1.165) is 21.0 Å². The lowest BCUT2D eigenvalue weighted by molar-refractivity contribution is 0.0524. The SMILES string of the molecule is CCOC(=O)c1ccc(F)c(F)c1CSc1cccc2cc(C)sc12. The van der Waals surface area contributed by atoms with E-state index in [-0.39, 0.29) is 23.5 Å². The van der Waals surface area contributed by atoms with E-state index >= 15 is 0 Å². The van der Waals surface area contributed by atoms with Crippen molar-refractivity contribution < 1.29 is 18.3 Å². The zero-order chi connectivity index (χ0) is 18.0. The Kier molecular flexibility index (Phi) is 5.39. The first-order chi connectivity index (χ1) is 12.0. The Labute approximate surface area is 152 Å². The zero-order valence-corrected chi connectivity index (χ0v) is 15.4. The second-order valence-electron chi connectivity index (χ2n) is 5.43. The Morgan fingerprint density at radius 1 is 1.24 bits per heavy atom. The lowest BCUT2D eigenvalue weighted by atomic mass is 10.1. The molecule has 3 rings (SSSR count). The van der Waals surface area contributed by atoms with E-state index in [9.17, 15) is 13.6 Å². The number of carbonyl (C=O) groups is 1. The molecule has 0 saturated carbocycles. The third-order valence-electron chi connectivity index (χ3n) is 3.69. The minimum Gasteiger partial charge on any atom is -0.462 e. The first-order valence-corrected chi connectivity index (χ1v) is 9.57. The molecule has 3 aromatic rings. The maximum absolute atomic E-state index is 14.3. The van der Waals surface area contributed by atoms with Crippen LogP contribution in [0.1, 0.15) is 27.7 Å². The van der Waals surface area contributed by atoms with Gasteiger partial charge in [-0.25, -0.2) is 13.6 Å². The summed E-state index contributed by atoms with van der Waals surface area (Å²) in [6.45, 7) is 3.88. The molecule has 130 valence electrons. The predicted molar refractivity (Wildman–Crippen MR) is 98.4 cm³/mol. The highest BCUT2D eigenvalue weighted by Crippen LogP contribution is 2.36. The summed E-state index contributed by atoms with van der Waals surface area (Å²) in [4.78, 5) is 14.2. The fourth-order valence-corrected chi connectivity index (χ4v) is 4.79. The highest BCUT2D eigenvalue weighted by Gasteiger charge is 2.20. The van der Waals surface area contributed by atoms with Crippen molar-refractivity contribution in [3.05, 3.63) is 64.0 Å². The molecule has 0 saturated heterocycles. The molecule has 0 spiro atoms. The van der Waals surface area contributed by atoms with Crippen LogP contribution < -0.4 is 0 Å². The van der Waals surface area contributed by atoms with Gasteiger partial charge in [-0.15, -0.1) is 23.1 Å². The van der Waals surface area contributed by atoms with Gasteiger partial charge in [0.25, 0.3) is 0 Å². The maximum atomic E-state index is 14.3. The Morgan fingerprint density at radius 3 is 2.80 bits per heavy atom. The van der Waals surface area contributed by atoms with Crippen LogP contribution in [0.3, 0.4) is 0 Å². The molecule has 0 amide bonds. The van der Waals surface area contributed by atoms with Crippen LogP contribution in [0.25, 0.3) is 10.1 Å². The van der Waals surface area contributed by atoms with Gasteiger partial charge < -0.3 is 4.74 Å². The quantitative estimate of drug-likeness (QED) is 0.405. The number of carbonyl (C=O) groups excluding carboxylic acids is 1.